The van der Waals surface area contributed by atoms with Crippen molar-refractivity contribution in [2.45, 2.75) is 19.4 Å². The van der Waals surface area contributed by atoms with E-state index in [2.05, 4.69) is 12.2 Å². The number of methoxy groups -OCH3 is 1. The molecule has 1 aromatic carbocycles. The Morgan fingerprint density at radius 2 is 2.18 bits per heavy atom. The predicted octanol–water partition coefficient (Wildman–Crippen LogP) is 2.08. The summed E-state index contributed by atoms with van der Waals surface area (Å²) in [5.41, 5.74) is 6.96. The molecule has 3 N–H and O–H groups in total. The number of halogens is 1. The van der Waals surface area contributed by atoms with Crippen LogP contribution in [0, 0.1) is 11.7 Å². The normalized spacial score (nSPS) is 14.4. The smallest absolute Gasteiger partial charge is 0.165 e. The number of hydrogen-bond acceptors (Lipinski definition) is 3. The Morgan fingerprint density at radius 3 is 2.65 bits per heavy atom. The highest BCUT2D eigenvalue weighted by molar-refractivity contribution is 5.31. The first-order valence-electron chi connectivity index (χ1n) is 5.87. The molecule has 0 amide bonds. The molecule has 0 fully saturated rings. The van der Waals surface area contributed by atoms with Gasteiger partial charge in [0.2, 0.25) is 0 Å². The Hall–Kier alpha value is -1.13. The van der Waals surface area contributed by atoms with E-state index in [1.54, 1.807) is 6.07 Å². The fraction of sp³-hybridized carbons (Fsp3) is 0.538. The van der Waals surface area contributed by atoms with Crippen molar-refractivity contribution >= 4 is 0 Å². The highest BCUT2D eigenvalue weighted by Gasteiger charge is 2.18. The van der Waals surface area contributed by atoms with Crippen LogP contribution in [0.1, 0.15) is 24.9 Å². The summed E-state index contributed by atoms with van der Waals surface area (Å²) < 4.78 is 18.5. The number of hydrogen-bond donors (Lipinski definition) is 2. The summed E-state index contributed by atoms with van der Waals surface area (Å²) in [6.07, 6.45) is 0.954. The Balaban J connectivity index is 2.87. The lowest BCUT2D eigenvalue weighted by Gasteiger charge is -2.23. The lowest BCUT2D eigenvalue weighted by atomic mass is 9.91. The van der Waals surface area contributed by atoms with E-state index < -0.39 is 0 Å². The number of rotatable bonds is 6. The molecule has 1 aromatic rings. The molecule has 2 unspecified atom stereocenters. The van der Waals surface area contributed by atoms with E-state index in [9.17, 15) is 4.39 Å². The summed E-state index contributed by atoms with van der Waals surface area (Å²) in [6, 6.07) is 4.75. The molecule has 0 aliphatic carbocycles. The third-order valence-electron chi connectivity index (χ3n) is 3.06. The molecular weight excluding hydrogens is 219 g/mol. The molecule has 0 saturated heterocycles. The Kier molecular flexibility index (Phi) is 5.38. The first-order valence-corrected chi connectivity index (χ1v) is 5.87. The quantitative estimate of drug-likeness (QED) is 0.800. The Labute approximate surface area is 102 Å². The molecule has 0 aliphatic rings. The van der Waals surface area contributed by atoms with E-state index in [1.807, 2.05) is 13.1 Å². The fourth-order valence-electron chi connectivity index (χ4n) is 1.95. The van der Waals surface area contributed by atoms with Crippen molar-refractivity contribution in [3.63, 3.8) is 0 Å². The largest absolute Gasteiger partial charge is 0.494 e. The second kappa shape index (κ2) is 6.57. The van der Waals surface area contributed by atoms with E-state index in [-0.39, 0.29) is 17.6 Å². The molecule has 0 aromatic heterocycles. The monoisotopic (exact) mass is 240 g/mol. The van der Waals surface area contributed by atoms with Gasteiger partial charge < -0.3 is 15.8 Å². The number of nitrogens with one attached hydrogen (secondary N) is 1. The maximum absolute atomic E-state index is 13.6. The SMILES string of the molecule is CCC(CNC)C(N)c1ccc(OC)c(F)c1. The van der Waals surface area contributed by atoms with Crippen molar-refractivity contribution in [3.8, 4) is 5.75 Å². The average Bonchev–Trinajstić information content (AvgIpc) is 2.35. The Bertz CT molecular complexity index is 357. The van der Waals surface area contributed by atoms with E-state index in [0.29, 0.717) is 5.92 Å². The van der Waals surface area contributed by atoms with Crippen LogP contribution in [0.15, 0.2) is 18.2 Å². The van der Waals surface area contributed by atoms with Crippen LogP contribution in [-0.2, 0) is 0 Å². The zero-order chi connectivity index (χ0) is 12.8. The van der Waals surface area contributed by atoms with Crippen molar-refractivity contribution in [2.24, 2.45) is 11.7 Å². The lowest BCUT2D eigenvalue weighted by Crippen LogP contribution is -2.29. The van der Waals surface area contributed by atoms with Gasteiger partial charge in [0.15, 0.2) is 11.6 Å². The van der Waals surface area contributed by atoms with Gasteiger partial charge in [0.25, 0.3) is 0 Å². The van der Waals surface area contributed by atoms with Crippen LogP contribution in [0.4, 0.5) is 4.39 Å². The van der Waals surface area contributed by atoms with Crippen LogP contribution in [0.3, 0.4) is 0 Å². The van der Waals surface area contributed by atoms with E-state index in [4.69, 9.17) is 10.5 Å². The van der Waals surface area contributed by atoms with Gasteiger partial charge in [0.1, 0.15) is 0 Å². The Morgan fingerprint density at radius 1 is 1.47 bits per heavy atom. The van der Waals surface area contributed by atoms with Crippen LogP contribution in [0.2, 0.25) is 0 Å². The highest BCUT2D eigenvalue weighted by Crippen LogP contribution is 2.26. The first-order chi connectivity index (χ1) is 8.13. The van der Waals surface area contributed by atoms with Gasteiger partial charge in [-0.1, -0.05) is 19.4 Å². The summed E-state index contributed by atoms with van der Waals surface area (Å²) in [5, 5.41) is 3.11. The molecule has 0 heterocycles. The third-order valence-corrected chi connectivity index (χ3v) is 3.06. The molecule has 4 heteroatoms. The number of benzene rings is 1. The van der Waals surface area contributed by atoms with Crippen molar-refractivity contribution in [1.29, 1.82) is 0 Å². The molecule has 0 radical (unpaired) electrons. The van der Waals surface area contributed by atoms with Gasteiger partial charge >= 0.3 is 0 Å². The number of nitrogens with two attached hydrogens (primary N) is 1. The molecule has 2 atom stereocenters. The van der Waals surface area contributed by atoms with Crippen molar-refractivity contribution in [2.75, 3.05) is 20.7 Å². The van der Waals surface area contributed by atoms with Crippen LogP contribution in [-0.4, -0.2) is 20.7 Å². The average molecular weight is 240 g/mol. The van der Waals surface area contributed by atoms with Crippen LogP contribution < -0.4 is 15.8 Å². The predicted molar refractivity (Wildman–Crippen MR) is 67.6 cm³/mol. The minimum Gasteiger partial charge on any atom is -0.494 e. The first kappa shape index (κ1) is 13.9. The van der Waals surface area contributed by atoms with Crippen molar-refractivity contribution in [1.82, 2.24) is 5.32 Å². The molecule has 96 valence electrons. The van der Waals surface area contributed by atoms with Gasteiger partial charge in [0.05, 0.1) is 7.11 Å². The minimum absolute atomic E-state index is 0.159. The van der Waals surface area contributed by atoms with E-state index in [0.717, 1.165) is 18.5 Å². The molecular formula is C13H21FN2O. The molecule has 0 spiro atoms. The molecule has 0 saturated carbocycles. The second-order valence-electron chi connectivity index (χ2n) is 4.15. The maximum atomic E-state index is 13.6. The van der Waals surface area contributed by atoms with Gasteiger partial charge in [-0.05, 0) is 37.2 Å². The second-order valence-corrected chi connectivity index (χ2v) is 4.15. The van der Waals surface area contributed by atoms with Crippen LogP contribution in [0.25, 0.3) is 0 Å². The lowest BCUT2D eigenvalue weighted by molar-refractivity contribution is 0.381. The summed E-state index contributed by atoms with van der Waals surface area (Å²) >= 11 is 0. The van der Waals surface area contributed by atoms with E-state index >= 15 is 0 Å². The number of ether oxygens (including phenoxy) is 1. The summed E-state index contributed by atoms with van der Waals surface area (Å²) in [4.78, 5) is 0. The molecule has 1 rings (SSSR count). The van der Waals surface area contributed by atoms with Crippen LogP contribution >= 0.6 is 0 Å². The fourth-order valence-corrected chi connectivity index (χ4v) is 1.95. The zero-order valence-corrected chi connectivity index (χ0v) is 10.7. The summed E-state index contributed by atoms with van der Waals surface area (Å²) in [6.45, 7) is 2.91. The molecule has 3 nitrogen and oxygen atoms in total. The molecule has 0 aliphatic heterocycles. The standard InChI is InChI=1S/C13H21FN2O/c1-4-9(8-16-2)13(15)10-5-6-12(17-3)11(14)7-10/h5-7,9,13,16H,4,8,15H2,1-3H3. The van der Waals surface area contributed by atoms with Crippen molar-refractivity contribution < 1.29 is 9.13 Å². The summed E-state index contributed by atoms with van der Waals surface area (Å²) in [5.74, 6) is 0.190. The van der Waals surface area contributed by atoms with Crippen molar-refractivity contribution in [3.05, 3.63) is 29.6 Å². The minimum atomic E-state index is -0.361. The third kappa shape index (κ3) is 3.41. The topological polar surface area (TPSA) is 47.3 Å². The molecule has 17 heavy (non-hydrogen) atoms. The molecule has 0 bridgehead atoms. The van der Waals surface area contributed by atoms with Gasteiger partial charge in [-0.15, -0.1) is 0 Å². The van der Waals surface area contributed by atoms with E-state index in [1.165, 1.54) is 13.2 Å². The van der Waals surface area contributed by atoms with Gasteiger partial charge in [0, 0.05) is 6.04 Å². The van der Waals surface area contributed by atoms with Gasteiger partial charge in [-0.2, -0.15) is 0 Å². The zero-order valence-electron chi connectivity index (χ0n) is 10.7. The van der Waals surface area contributed by atoms with Gasteiger partial charge in [-0.3, -0.25) is 0 Å². The highest BCUT2D eigenvalue weighted by atomic mass is 19.1. The van der Waals surface area contributed by atoms with Gasteiger partial charge in [-0.25, -0.2) is 4.39 Å². The summed E-state index contributed by atoms with van der Waals surface area (Å²) in [7, 11) is 3.35. The van der Waals surface area contributed by atoms with Crippen LogP contribution in [0.5, 0.6) is 5.75 Å². The maximum Gasteiger partial charge on any atom is 0.165 e.